The lowest BCUT2D eigenvalue weighted by atomic mass is 10.3. The van der Waals surface area contributed by atoms with Crippen LogP contribution in [0.5, 0.6) is 5.75 Å². The lowest BCUT2D eigenvalue weighted by Gasteiger charge is -2.15. The van der Waals surface area contributed by atoms with Gasteiger partial charge in [-0.05, 0) is 24.3 Å². The van der Waals surface area contributed by atoms with E-state index in [4.69, 9.17) is 0 Å². The van der Waals surface area contributed by atoms with E-state index in [2.05, 4.69) is 4.99 Å². The van der Waals surface area contributed by atoms with Crippen LogP contribution in [-0.4, -0.2) is 21.9 Å². The van der Waals surface area contributed by atoms with Crippen molar-refractivity contribution < 1.29 is 9.90 Å². The molecule has 1 amide bonds. The van der Waals surface area contributed by atoms with E-state index in [9.17, 15) is 9.90 Å². The van der Waals surface area contributed by atoms with Crippen molar-refractivity contribution in [2.24, 2.45) is 4.99 Å². The predicted molar refractivity (Wildman–Crippen MR) is 81.6 cm³/mol. The highest BCUT2D eigenvalue weighted by Crippen LogP contribution is 2.31. The maximum atomic E-state index is 12.0. The van der Waals surface area contributed by atoms with E-state index in [1.807, 2.05) is 30.3 Å². The van der Waals surface area contributed by atoms with Crippen LogP contribution in [0.15, 0.2) is 59.6 Å². The van der Waals surface area contributed by atoms with Crippen molar-refractivity contribution in [3.05, 3.63) is 54.6 Å². The number of rotatable bonds is 2. The highest BCUT2D eigenvalue weighted by Gasteiger charge is 2.29. The van der Waals surface area contributed by atoms with Gasteiger partial charge in [-0.25, -0.2) is 4.99 Å². The standard InChI is InChI=1S/C15H12N2O2S/c18-13-9-5-4-8-12(13)16-15-17(14(19)10-20-15)11-6-2-1-3-7-11/h1-9,18H,10H2. The largest absolute Gasteiger partial charge is 0.506 e. The summed E-state index contributed by atoms with van der Waals surface area (Å²) >= 11 is 1.37. The quantitative estimate of drug-likeness (QED) is 0.921. The molecule has 3 rings (SSSR count). The summed E-state index contributed by atoms with van der Waals surface area (Å²) in [5.41, 5.74) is 1.25. The first-order chi connectivity index (χ1) is 9.75. The number of benzene rings is 2. The Labute approximate surface area is 120 Å². The number of carbonyl (C=O) groups is 1. The van der Waals surface area contributed by atoms with Gasteiger partial charge in [0.1, 0.15) is 11.4 Å². The normalized spacial score (nSPS) is 16.9. The van der Waals surface area contributed by atoms with Crippen LogP contribution in [0.25, 0.3) is 0 Å². The van der Waals surface area contributed by atoms with Gasteiger partial charge < -0.3 is 5.11 Å². The van der Waals surface area contributed by atoms with Crippen LogP contribution in [0.1, 0.15) is 0 Å². The zero-order chi connectivity index (χ0) is 13.9. The maximum Gasteiger partial charge on any atom is 0.243 e. The second-order valence-electron chi connectivity index (χ2n) is 4.24. The monoisotopic (exact) mass is 284 g/mol. The number of hydrogen-bond acceptors (Lipinski definition) is 4. The molecule has 1 saturated heterocycles. The average Bonchev–Trinajstić information content (AvgIpc) is 2.83. The molecule has 4 nitrogen and oxygen atoms in total. The van der Waals surface area contributed by atoms with E-state index in [0.717, 1.165) is 5.69 Å². The molecule has 1 N–H and O–H groups in total. The van der Waals surface area contributed by atoms with Crippen molar-refractivity contribution in [2.75, 3.05) is 10.7 Å². The second kappa shape index (κ2) is 5.38. The van der Waals surface area contributed by atoms with E-state index >= 15 is 0 Å². The first-order valence-electron chi connectivity index (χ1n) is 6.13. The van der Waals surface area contributed by atoms with Crippen molar-refractivity contribution >= 4 is 34.2 Å². The van der Waals surface area contributed by atoms with E-state index < -0.39 is 0 Å². The molecule has 20 heavy (non-hydrogen) atoms. The average molecular weight is 284 g/mol. The van der Waals surface area contributed by atoms with Gasteiger partial charge >= 0.3 is 0 Å². The lowest BCUT2D eigenvalue weighted by Crippen LogP contribution is -2.28. The first-order valence-corrected chi connectivity index (χ1v) is 7.12. The minimum atomic E-state index is -0.00429. The molecule has 2 aromatic carbocycles. The number of hydrogen-bond donors (Lipinski definition) is 1. The molecule has 0 aromatic heterocycles. The molecule has 0 bridgehead atoms. The smallest absolute Gasteiger partial charge is 0.243 e. The number of phenols is 1. The molecule has 0 aliphatic carbocycles. The van der Waals surface area contributed by atoms with Gasteiger partial charge in [0, 0.05) is 0 Å². The first kappa shape index (κ1) is 12.7. The third kappa shape index (κ3) is 2.40. The lowest BCUT2D eigenvalue weighted by molar-refractivity contribution is -0.115. The minimum Gasteiger partial charge on any atom is -0.506 e. The SMILES string of the molecule is O=C1CSC(=Nc2ccccc2O)N1c1ccccc1. The number of carbonyl (C=O) groups excluding carboxylic acids is 1. The Hall–Kier alpha value is -2.27. The molecule has 1 aliphatic rings. The second-order valence-corrected chi connectivity index (χ2v) is 5.18. The Morgan fingerprint density at radius 1 is 1.05 bits per heavy atom. The molecule has 100 valence electrons. The fourth-order valence-corrected chi connectivity index (χ4v) is 2.82. The summed E-state index contributed by atoms with van der Waals surface area (Å²) in [7, 11) is 0. The Kier molecular flexibility index (Phi) is 3.43. The number of thioether (sulfide) groups is 1. The molecular weight excluding hydrogens is 272 g/mol. The van der Waals surface area contributed by atoms with Gasteiger partial charge in [-0.2, -0.15) is 0 Å². The van der Waals surface area contributed by atoms with Crippen molar-refractivity contribution in [2.45, 2.75) is 0 Å². The van der Waals surface area contributed by atoms with Crippen LogP contribution in [0.2, 0.25) is 0 Å². The van der Waals surface area contributed by atoms with Crippen molar-refractivity contribution in [3.8, 4) is 5.75 Å². The van der Waals surface area contributed by atoms with Gasteiger partial charge in [0.05, 0.1) is 11.4 Å². The number of anilines is 1. The summed E-state index contributed by atoms with van der Waals surface area (Å²) in [4.78, 5) is 18.0. The van der Waals surface area contributed by atoms with E-state index in [1.54, 1.807) is 29.2 Å². The molecule has 0 unspecified atom stereocenters. The fraction of sp³-hybridized carbons (Fsp3) is 0.0667. The number of para-hydroxylation sites is 3. The van der Waals surface area contributed by atoms with Gasteiger partial charge in [-0.3, -0.25) is 9.69 Å². The van der Waals surface area contributed by atoms with Crippen molar-refractivity contribution in [3.63, 3.8) is 0 Å². The summed E-state index contributed by atoms with van der Waals surface area (Å²) < 4.78 is 0. The summed E-state index contributed by atoms with van der Waals surface area (Å²) in [5.74, 6) is 0.463. The minimum absolute atomic E-state index is 0.00429. The van der Waals surface area contributed by atoms with Crippen LogP contribution >= 0.6 is 11.8 Å². The number of phenolic OH excluding ortho intramolecular Hbond substituents is 1. The number of aromatic hydroxyl groups is 1. The highest BCUT2D eigenvalue weighted by atomic mass is 32.2. The zero-order valence-corrected chi connectivity index (χ0v) is 11.4. The highest BCUT2D eigenvalue weighted by molar-refractivity contribution is 8.15. The number of amides is 1. The Morgan fingerprint density at radius 2 is 1.75 bits per heavy atom. The Balaban J connectivity index is 2.01. The van der Waals surface area contributed by atoms with Gasteiger partial charge in [-0.1, -0.05) is 42.1 Å². The van der Waals surface area contributed by atoms with Crippen LogP contribution in [0.4, 0.5) is 11.4 Å². The van der Waals surface area contributed by atoms with E-state index in [1.165, 1.54) is 11.8 Å². The molecule has 0 spiro atoms. The molecular formula is C15H12N2O2S. The van der Waals surface area contributed by atoms with Crippen LogP contribution in [0, 0.1) is 0 Å². The van der Waals surface area contributed by atoms with Gasteiger partial charge in [0.15, 0.2) is 5.17 Å². The molecule has 1 aliphatic heterocycles. The van der Waals surface area contributed by atoms with E-state index in [-0.39, 0.29) is 11.7 Å². The topological polar surface area (TPSA) is 52.9 Å². The van der Waals surface area contributed by atoms with Gasteiger partial charge in [0.2, 0.25) is 5.91 Å². The summed E-state index contributed by atoms with van der Waals surface area (Å²) in [6, 6.07) is 16.2. The fourth-order valence-electron chi connectivity index (χ4n) is 1.94. The van der Waals surface area contributed by atoms with Crippen LogP contribution in [0.3, 0.4) is 0 Å². The van der Waals surface area contributed by atoms with Crippen molar-refractivity contribution in [1.29, 1.82) is 0 Å². The Bertz CT molecular complexity index is 671. The summed E-state index contributed by atoms with van der Waals surface area (Å²) in [5, 5.41) is 10.4. The zero-order valence-electron chi connectivity index (χ0n) is 10.6. The van der Waals surface area contributed by atoms with E-state index in [0.29, 0.717) is 16.6 Å². The molecule has 1 fully saturated rings. The number of aliphatic imine (C=N–C) groups is 1. The van der Waals surface area contributed by atoms with Crippen molar-refractivity contribution in [1.82, 2.24) is 0 Å². The number of nitrogens with zero attached hydrogens (tertiary/aromatic N) is 2. The summed E-state index contributed by atoms with van der Waals surface area (Å²) in [6.07, 6.45) is 0. The molecule has 0 radical (unpaired) electrons. The van der Waals surface area contributed by atoms with Crippen LogP contribution in [-0.2, 0) is 4.79 Å². The van der Waals surface area contributed by atoms with Gasteiger partial charge in [0.25, 0.3) is 0 Å². The molecule has 0 saturated carbocycles. The third-order valence-electron chi connectivity index (χ3n) is 2.88. The predicted octanol–water partition coefficient (Wildman–Crippen LogP) is 3.16. The maximum absolute atomic E-state index is 12.0. The van der Waals surface area contributed by atoms with Gasteiger partial charge in [-0.15, -0.1) is 0 Å². The third-order valence-corrected chi connectivity index (χ3v) is 3.80. The Morgan fingerprint density at radius 3 is 2.50 bits per heavy atom. The number of amidine groups is 1. The van der Waals surface area contributed by atoms with Crippen LogP contribution < -0.4 is 4.90 Å². The summed E-state index contributed by atoms with van der Waals surface area (Å²) in [6.45, 7) is 0. The molecule has 2 aromatic rings. The molecule has 0 atom stereocenters. The molecule has 1 heterocycles. The molecule has 5 heteroatoms.